The van der Waals surface area contributed by atoms with Crippen LogP contribution in [-0.2, 0) is 16.6 Å². The lowest BCUT2D eigenvalue weighted by molar-refractivity contribution is 0.164. The van der Waals surface area contributed by atoms with Gasteiger partial charge < -0.3 is 9.64 Å². The van der Waals surface area contributed by atoms with Gasteiger partial charge in [0.05, 0.1) is 17.5 Å². The van der Waals surface area contributed by atoms with E-state index in [1.807, 2.05) is 4.68 Å². The molecule has 1 saturated carbocycles. The molecule has 2 rings (SSSR count). The molecule has 21 heavy (non-hydrogen) atoms. The predicted octanol–water partition coefficient (Wildman–Crippen LogP) is 2.33. The van der Waals surface area contributed by atoms with Crippen LogP contribution in [0.4, 0.5) is 4.79 Å². The molecule has 0 bridgehead atoms. The second-order valence-corrected chi connectivity index (χ2v) is 7.13. The van der Waals surface area contributed by atoms with Gasteiger partial charge in [0.2, 0.25) is 5.88 Å². The van der Waals surface area contributed by atoms with E-state index in [0.717, 1.165) is 12.8 Å². The third-order valence-corrected chi connectivity index (χ3v) is 4.28. The summed E-state index contributed by atoms with van der Waals surface area (Å²) < 4.78 is 18.6. The van der Waals surface area contributed by atoms with Gasteiger partial charge in [-0.05, 0) is 12.8 Å². The smallest absolute Gasteiger partial charge is 0.391 e. The predicted molar refractivity (Wildman–Crippen MR) is 81.8 cm³/mol. The van der Waals surface area contributed by atoms with Gasteiger partial charge in [0.25, 0.3) is 0 Å². The van der Waals surface area contributed by atoms with E-state index in [0.29, 0.717) is 17.3 Å². The first-order valence-electron chi connectivity index (χ1n) is 7.25. The van der Waals surface area contributed by atoms with Gasteiger partial charge in [-0.1, -0.05) is 19.3 Å². The molecule has 7 heteroatoms. The molecule has 1 amide bonds. The molecule has 1 aliphatic carbocycles. The van der Waals surface area contributed by atoms with Crippen molar-refractivity contribution in [2.24, 2.45) is 0 Å². The van der Waals surface area contributed by atoms with E-state index in [2.05, 4.69) is 5.10 Å². The van der Waals surface area contributed by atoms with Crippen molar-refractivity contribution in [3.8, 4) is 5.88 Å². The van der Waals surface area contributed by atoms with E-state index in [1.165, 1.54) is 24.2 Å². The van der Waals surface area contributed by atoms with Crippen molar-refractivity contribution in [3.05, 3.63) is 11.8 Å². The number of aromatic nitrogens is 2. The number of nitrogens with zero attached hydrogens (tertiary/aromatic N) is 3. The van der Waals surface area contributed by atoms with Gasteiger partial charge in [-0.2, -0.15) is 5.10 Å². The summed E-state index contributed by atoms with van der Waals surface area (Å²) in [6, 6.07) is 2.00. The Morgan fingerprint density at radius 1 is 1.43 bits per heavy atom. The number of amides is 1. The lowest BCUT2D eigenvalue weighted by Crippen LogP contribution is -2.27. The van der Waals surface area contributed by atoms with Crippen LogP contribution in [0.2, 0.25) is 0 Å². The summed E-state index contributed by atoms with van der Waals surface area (Å²) in [4.78, 5) is 13.2. The quantitative estimate of drug-likeness (QED) is 0.856. The Labute approximate surface area is 127 Å². The summed E-state index contributed by atoms with van der Waals surface area (Å²) in [5.74, 6) is 0.840. The number of rotatable bonds is 4. The number of hydrogen-bond acceptors (Lipinski definition) is 4. The zero-order chi connectivity index (χ0) is 15.4. The van der Waals surface area contributed by atoms with Crippen molar-refractivity contribution in [1.82, 2.24) is 14.7 Å². The molecule has 1 aromatic rings. The van der Waals surface area contributed by atoms with Crippen molar-refractivity contribution < 1.29 is 13.7 Å². The zero-order valence-corrected chi connectivity index (χ0v) is 13.7. The molecule has 1 fully saturated rings. The van der Waals surface area contributed by atoms with Gasteiger partial charge in [-0.15, -0.1) is 0 Å². The molecule has 0 aromatic carbocycles. The number of carbonyl (C=O) groups is 1. The van der Waals surface area contributed by atoms with Gasteiger partial charge in [-0.3, -0.25) is 4.21 Å². The molecule has 1 atom stereocenters. The lowest BCUT2D eigenvalue weighted by Gasteiger charge is -2.23. The summed E-state index contributed by atoms with van der Waals surface area (Å²) in [7, 11) is 2.32. The molecule has 1 unspecified atom stereocenters. The molecule has 0 spiro atoms. The average molecular weight is 313 g/mol. The van der Waals surface area contributed by atoms with Crippen LogP contribution in [0.5, 0.6) is 5.88 Å². The Bertz CT molecular complexity index is 522. The minimum Gasteiger partial charge on any atom is -0.391 e. The highest BCUT2D eigenvalue weighted by molar-refractivity contribution is 7.83. The van der Waals surface area contributed by atoms with E-state index in [-0.39, 0.29) is 6.04 Å². The van der Waals surface area contributed by atoms with E-state index in [9.17, 15) is 9.00 Å². The molecule has 0 N–H and O–H groups in total. The Morgan fingerprint density at radius 2 is 2.10 bits per heavy atom. The highest BCUT2D eigenvalue weighted by Gasteiger charge is 2.23. The molecule has 118 valence electrons. The van der Waals surface area contributed by atoms with Gasteiger partial charge >= 0.3 is 6.09 Å². The van der Waals surface area contributed by atoms with Crippen molar-refractivity contribution in [1.29, 1.82) is 0 Å². The van der Waals surface area contributed by atoms with E-state index in [1.54, 1.807) is 26.4 Å². The summed E-state index contributed by atoms with van der Waals surface area (Å²) in [5.41, 5.74) is 0.711. The second-order valence-electron chi connectivity index (χ2n) is 5.69. The van der Waals surface area contributed by atoms with E-state index in [4.69, 9.17) is 4.74 Å². The first-order chi connectivity index (χ1) is 9.97. The molecule has 0 saturated heterocycles. The van der Waals surface area contributed by atoms with Crippen LogP contribution < -0.4 is 4.74 Å². The maximum Gasteiger partial charge on any atom is 0.416 e. The molecule has 1 aromatic heterocycles. The molecular formula is C14H23N3O3S. The number of ether oxygens (including phenoxy) is 1. The fourth-order valence-corrected chi connectivity index (χ4v) is 3.11. The van der Waals surface area contributed by atoms with Gasteiger partial charge in [0.1, 0.15) is 0 Å². The maximum absolute atomic E-state index is 11.8. The maximum atomic E-state index is 11.8. The standard InChI is InChI=1S/C14H23N3O3S/c1-16(2)14(18)20-13-9-11(10-21(3)19)15-17(13)12-7-5-4-6-8-12/h9,12H,4-8,10H2,1-3H3. The summed E-state index contributed by atoms with van der Waals surface area (Å²) in [6.07, 6.45) is 6.89. The largest absolute Gasteiger partial charge is 0.416 e. The van der Waals surface area contributed by atoms with Crippen molar-refractivity contribution in [2.45, 2.75) is 43.9 Å². The first kappa shape index (κ1) is 16.0. The normalized spacial score (nSPS) is 17.5. The van der Waals surface area contributed by atoms with E-state index < -0.39 is 16.9 Å². The van der Waals surface area contributed by atoms with Gasteiger partial charge in [0, 0.05) is 37.2 Å². The van der Waals surface area contributed by atoms with Crippen LogP contribution in [0.25, 0.3) is 0 Å². The SMILES string of the molecule is CN(C)C(=O)Oc1cc(CS(C)=O)nn1C1CCCCC1. The summed E-state index contributed by atoms with van der Waals surface area (Å²) in [5, 5.41) is 4.51. The van der Waals surface area contributed by atoms with Crippen LogP contribution in [0.1, 0.15) is 43.8 Å². The molecular weight excluding hydrogens is 290 g/mol. The molecule has 1 heterocycles. The molecule has 0 radical (unpaired) electrons. The summed E-state index contributed by atoms with van der Waals surface area (Å²) >= 11 is 0. The second kappa shape index (κ2) is 7.06. The van der Waals surface area contributed by atoms with Crippen LogP contribution in [-0.4, -0.2) is 45.3 Å². The van der Waals surface area contributed by atoms with Crippen LogP contribution in [0.3, 0.4) is 0 Å². The number of hydrogen-bond donors (Lipinski definition) is 0. The van der Waals surface area contributed by atoms with Crippen LogP contribution in [0.15, 0.2) is 6.07 Å². The fraction of sp³-hybridized carbons (Fsp3) is 0.714. The molecule has 6 nitrogen and oxygen atoms in total. The third-order valence-electron chi connectivity index (χ3n) is 3.58. The van der Waals surface area contributed by atoms with Crippen molar-refractivity contribution >= 4 is 16.9 Å². The van der Waals surface area contributed by atoms with Gasteiger partial charge in [0.15, 0.2) is 0 Å². The minimum absolute atomic E-state index is 0.266. The Hall–Kier alpha value is -1.37. The average Bonchev–Trinajstić information content (AvgIpc) is 2.81. The van der Waals surface area contributed by atoms with Crippen molar-refractivity contribution in [2.75, 3.05) is 20.4 Å². The zero-order valence-electron chi connectivity index (χ0n) is 12.9. The summed E-state index contributed by atoms with van der Waals surface area (Å²) in [6.45, 7) is 0. The Kier molecular flexibility index (Phi) is 5.39. The Morgan fingerprint density at radius 3 is 2.67 bits per heavy atom. The van der Waals surface area contributed by atoms with Crippen molar-refractivity contribution in [3.63, 3.8) is 0 Å². The topological polar surface area (TPSA) is 64.4 Å². The van der Waals surface area contributed by atoms with Crippen LogP contribution >= 0.6 is 0 Å². The minimum atomic E-state index is -0.965. The fourth-order valence-electron chi connectivity index (χ4n) is 2.55. The van der Waals surface area contributed by atoms with Gasteiger partial charge in [-0.25, -0.2) is 9.48 Å². The number of carbonyl (C=O) groups excluding carboxylic acids is 1. The monoisotopic (exact) mass is 313 g/mol. The highest BCUT2D eigenvalue weighted by atomic mass is 32.2. The molecule has 1 aliphatic rings. The lowest BCUT2D eigenvalue weighted by atomic mass is 9.96. The first-order valence-corrected chi connectivity index (χ1v) is 8.97. The third kappa shape index (κ3) is 4.30. The van der Waals surface area contributed by atoms with E-state index >= 15 is 0 Å². The highest BCUT2D eigenvalue weighted by Crippen LogP contribution is 2.31. The molecule has 0 aliphatic heterocycles. The van der Waals surface area contributed by atoms with Crippen LogP contribution in [0, 0.1) is 0 Å². The Balaban J connectivity index is 2.23.